The van der Waals surface area contributed by atoms with E-state index < -0.39 is 23.2 Å². The molecule has 5 aromatic rings. The number of amides is 1. The van der Waals surface area contributed by atoms with Gasteiger partial charge < -0.3 is 9.88 Å². The molecule has 4 aromatic carbocycles. The highest BCUT2D eigenvalue weighted by molar-refractivity contribution is 6.13. The predicted molar refractivity (Wildman–Crippen MR) is 139 cm³/mol. The number of para-hydroxylation sites is 1. The van der Waals surface area contributed by atoms with E-state index in [4.69, 9.17) is 0 Å². The highest BCUT2D eigenvalue weighted by Crippen LogP contribution is 2.32. The van der Waals surface area contributed by atoms with E-state index in [-0.39, 0.29) is 17.8 Å². The average Bonchev–Trinajstić information content (AvgIpc) is 2.90. The Balaban J connectivity index is 1.69. The maximum absolute atomic E-state index is 14.0. The van der Waals surface area contributed by atoms with Crippen LogP contribution in [0.2, 0.25) is 0 Å². The van der Waals surface area contributed by atoms with Crippen molar-refractivity contribution in [3.63, 3.8) is 0 Å². The standard InChI is InChI=1S/C30H21F3N2O2/c31-30(32,33)22-15-17-23(18-16-22)34-28(36)27-26(21-11-5-2-6-12-21)24-13-7-8-14-25(24)35(29(27)37)19-20-9-3-1-4-10-20/h1-18H,19H2,(H,34,36). The minimum atomic E-state index is -4.49. The number of anilines is 1. The lowest BCUT2D eigenvalue weighted by Crippen LogP contribution is -2.31. The Hall–Kier alpha value is -4.65. The first kappa shape index (κ1) is 24.1. The molecule has 0 bridgehead atoms. The third-order valence-corrected chi connectivity index (χ3v) is 6.12. The maximum atomic E-state index is 14.0. The number of pyridine rings is 1. The molecule has 184 valence electrons. The summed E-state index contributed by atoms with van der Waals surface area (Å²) in [6.45, 7) is 0.246. The minimum Gasteiger partial charge on any atom is -0.322 e. The van der Waals surface area contributed by atoms with Gasteiger partial charge in [0, 0.05) is 16.6 Å². The Bertz CT molecular complexity index is 1630. The molecule has 0 unspecified atom stereocenters. The van der Waals surface area contributed by atoms with Crippen LogP contribution in [-0.4, -0.2) is 10.5 Å². The number of carbonyl (C=O) groups excluding carboxylic acids is 1. The highest BCUT2D eigenvalue weighted by atomic mass is 19.4. The van der Waals surface area contributed by atoms with Crippen molar-refractivity contribution in [1.82, 2.24) is 4.57 Å². The third-order valence-electron chi connectivity index (χ3n) is 6.12. The number of fused-ring (bicyclic) bond motifs is 1. The molecule has 1 N–H and O–H groups in total. The number of halogens is 3. The molecular formula is C30H21F3N2O2. The van der Waals surface area contributed by atoms with Crippen molar-refractivity contribution in [2.75, 3.05) is 5.32 Å². The molecule has 0 aliphatic heterocycles. The molecule has 0 saturated heterocycles. The van der Waals surface area contributed by atoms with E-state index in [1.54, 1.807) is 4.57 Å². The molecule has 0 fully saturated rings. The molecule has 4 nitrogen and oxygen atoms in total. The van der Waals surface area contributed by atoms with Crippen LogP contribution in [0.25, 0.3) is 22.0 Å². The van der Waals surface area contributed by atoms with Gasteiger partial charge in [0.05, 0.1) is 17.6 Å². The van der Waals surface area contributed by atoms with E-state index in [0.717, 1.165) is 17.7 Å². The van der Waals surface area contributed by atoms with E-state index in [1.807, 2.05) is 84.9 Å². The van der Waals surface area contributed by atoms with Crippen LogP contribution in [0.5, 0.6) is 0 Å². The smallest absolute Gasteiger partial charge is 0.322 e. The van der Waals surface area contributed by atoms with Gasteiger partial charge in [0.1, 0.15) is 5.56 Å². The second-order valence-electron chi connectivity index (χ2n) is 8.54. The van der Waals surface area contributed by atoms with Gasteiger partial charge >= 0.3 is 6.18 Å². The quantitative estimate of drug-likeness (QED) is 0.284. The number of benzene rings is 4. The van der Waals surface area contributed by atoms with Crippen molar-refractivity contribution in [3.8, 4) is 11.1 Å². The maximum Gasteiger partial charge on any atom is 0.416 e. The molecule has 1 heterocycles. The van der Waals surface area contributed by atoms with Gasteiger partial charge in [-0.15, -0.1) is 0 Å². The van der Waals surface area contributed by atoms with Gasteiger partial charge in [0.15, 0.2) is 0 Å². The number of carbonyl (C=O) groups is 1. The molecule has 1 amide bonds. The zero-order chi connectivity index (χ0) is 26.0. The van der Waals surface area contributed by atoms with E-state index in [9.17, 15) is 22.8 Å². The van der Waals surface area contributed by atoms with Crippen LogP contribution in [0.4, 0.5) is 18.9 Å². The number of nitrogens with zero attached hydrogens (tertiary/aromatic N) is 1. The summed E-state index contributed by atoms with van der Waals surface area (Å²) in [5, 5.41) is 3.33. The summed E-state index contributed by atoms with van der Waals surface area (Å²) in [7, 11) is 0. The summed E-state index contributed by atoms with van der Waals surface area (Å²) in [5.41, 5.74) is 1.45. The van der Waals surface area contributed by atoms with Crippen molar-refractivity contribution in [3.05, 3.63) is 136 Å². The number of alkyl halides is 3. The first-order valence-corrected chi connectivity index (χ1v) is 11.6. The number of rotatable bonds is 5. The van der Waals surface area contributed by atoms with Gasteiger partial charge in [-0.1, -0.05) is 78.9 Å². The van der Waals surface area contributed by atoms with Crippen LogP contribution in [-0.2, 0) is 12.7 Å². The molecule has 0 saturated carbocycles. The van der Waals surface area contributed by atoms with Gasteiger partial charge in [-0.2, -0.15) is 13.2 Å². The summed E-state index contributed by atoms with van der Waals surface area (Å²) < 4.78 is 40.5. The third kappa shape index (κ3) is 4.89. The number of hydrogen-bond donors (Lipinski definition) is 1. The van der Waals surface area contributed by atoms with Crippen LogP contribution < -0.4 is 10.9 Å². The second-order valence-corrected chi connectivity index (χ2v) is 8.54. The van der Waals surface area contributed by atoms with Gasteiger partial charge in [0.2, 0.25) is 0 Å². The summed E-state index contributed by atoms with van der Waals surface area (Å²) in [4.78, 5) is 27.6. The largest absolute Gasteiger partial charge is 0.416 e. The fourth-order valence-electron chi connectivity index (χ4n) is 4.38. The molecule has 0 spiro atoms. The Morgan fingerprint density at radius 2 is 1.35 bits per heavy atom. The summed E-state index contributed by atoms with van der Waals surface area (Å²) in [6, 6.07) is 30.0. The molecule has 5 rings (SSSR count). The van der Waals surface area contributed by atoms with E-state index in [0.29, 0.717) is 22.0 Å². The van der Waals surface area contributed by atoms with Crippen LogP contribution >= 0.6 is 0 Å². The van der Waals surface area contributed by atoms with E-state index in [1.165, 1.54) is 12.1 Å². The Kier molecular flexibility index (Phi) is 6.36. The molecule has 0 radical (unpaired) electrons. The Morgan fingerprint density at radius 3 is 2.00 bits per heavy atom. The fraction of sp³-hybridized carbons (Fsp3) is 0.0667. The van der Waals surface area contributed by atoms with Crippen molar-refractivity contribution in [2.24, 2.45) is 0 Å². The zero-order valence-corrected chi connectivity index (χ0v) is 19.5. The highest BCUT2D eigenvalue weighted by Gasteiger charge is 2.30. The van der Waals surface area contributed by atoms with Crippen molar-refractivity contribution < 1.29 is 18.0 Å². The van der Waals surface area contributed by atoms with Crippen LogP contribution in [0, 0.1) is 0 Å². The van der Waals surface area contributed by atoms with Crippen LogP contribution in [0.1, 0.15) is 21.5 Å². The van der Waals surface area contributed by atoms with Gasteiger partial charge in [0.25, 0.3) is 11.5 Å². The van der Waals surface area contributed by atoms with Crippen molar-refractivity contribution >= 4 is 22.5 Å². The predicted octanol–water partition coefficient (Wildman–Crippen LogP) is 6.99. The summed E-state index contributed by atoms with van der Waals surface area (Å²) in [6.07, 6.45) is -4.49. The molecule has 37 heavy (non-hydrogen) atoms. The Morgan fingerprint density at radius 1 is 0.757 bits per heavy atom. The first-order valence-electron chi connectivity index (χ1n) is 11.6. The number of nitrogens with one attached hydrogen (secondary N) is 1. The molecular weight excluding hydrogens is 477 g/mol. The average molecular weight is 499 g/mol. The van der Waals surface area contributed by atoms with E-state index >= 15 is 0 Å². The molecule has 0 atom stereocenters. The monoisotopic (exact) mass is 498 g/mol. The number of hydrogen-bond acceptors (Lipinski definition) is 2. The topological polar surface area (TPSA) is 51.1 Å². The minimum absolute atomic E-state index is 0.0827. The lowest BCUT2D eigenvalue weighted by Gasteiger charge is -2.18. The zero-order valence-electron chi connectivity index (χ0n) is 19.5. The van der Waals surface area contributed by atoms with Crippen molar-refractivity contribution in [2.45, 2.75) is 12.7 Å². The lowest BCUT2D eigenvalue weighted by atomic mass is 9.95. The molecule has 1 aromatic heterocycles. The summed E-state index contributed by atoms with van der Waals surface area (Å²) >= 11 is 0. The first-order chi connectivity index (χ1) is 17.8. The van der Waals surface area contributed by atoms with Crippen LogP contribution in [0.15, 0.2) is 114 Å². The van der Waals surface area contributed by atoms with E-state index in [2.05, 4.69) is 5.32 Å². The lowest BCUT2D eigenvalue weighted by molar-refractivity contribution is -0.137. The van der Waals surface area contributed by atoms with Gasteiger partial charge in [-0.25, -0.2) is 0 Å². The normalized spacial score (nSPS) is 11.4. The van der Waals surface area contributed by atoms with Gasteiger partial charge in [-0.3, -0.25) is 9.59 Å². The number of aromatic nitrogens is 1. The van der Waals surface area contributed by atoms with Crippen molar-refractivity contribution in [1.29, 1.82) is 0 Å². The molecule has 7 heteroatoms. The summed E-state index contributed by atoms with van der Waals surface area (Å²) in [5.74, 6) is -0.698. The SMILES string of the molecule is O=C(Nc1ccc(C(F)(F)F)cc1)c1c(-c2ccccc2)c2ccccc2n(Cc2ccccc2)c1=O. The Labute approximate surface area is 210 Å². The van der Waals surface area contributed by atoms with Gasteiger partial charge in [-0.05, 0) is 41.5 Å². The molecule has 0 aliphatic rings. The molecule has 0 aliphatic carbocycles. The second kappa shape index (κ2) is 9.78. The van der Waals surface area contributed by atoms with Crippen LogP contribution in [0.3, 0.4) is 0 Å². The fourth-order valence-corrected chi connectivity index (χ4v) is 4.38.